The molecule has 0 saturated carbocycles. The van der Waals surface area contributed by atoms with Gasteiger partial charge < -0.3 is 28.8 Å². The van der Waals surface area contributed by atoms with E-state index in [1.165, 1.54) is 173 Å². The van der Waals surface area contributed by atoms with Crippen LogP contribution < -0.4 is 10.2 Å². The average molecular weight is 1080 g/mol. The number of nitrogens with zero attached hydrogens (tertiary/aromatic N) is 1. The molecule has 0 fully saturated rings. The molecule has 3 unspecified atom stereocenters. The van der Waals surface area contributed by atoms with E-state index < -0.39 is 26.6 Å². The van der Waals surface area contributed by atoms with E-state index in [1.54, 1.807) is 6.08 Å². The molecule has 76 heavy (non-hydrogen) atoms. The number of unbranched alkanes of at least 4 members (excludes halogenated alkanes) is 30. The van der Waals surface area contributed by atoms with Gasteiger partial charge in [-0.15, -0.1) is 0 Å². The highest BCUT2D eigenvalue weighted by Gasteiger charge is 2.23. The van der Waals surface area contributed by atoms with Crippen LogP contribution in [0.5, 0.6) is 0 Å². The van der Waals surface area contributed by atoms with Crippen molar-refractivity contribution in [1.82, 2.24) is 5.32 Å². The molecule has 3 atom stereocenters. The molecular weight excluding hydrogens is 960 g/mol. The number of hydrogen-bond acceptors (Lipinski definition) is 6. The Hall–Kier alpha value is -2.58. The minimum Gasteiger partial charge on any atom is -0.756 e. The summed E-state index contributed by atoms with van der Waals surface area (Å²) >= 11 is 0. The summed E-state index contributed by atoms with van der Waals surface area (Å²) in [4.78, 5) is 25.6. The third-order valence-electron chi connectivity index (χ3n) is 13.8. The Morgan fingerprint density at radius 2 is 0.816 bits per heavy atom. The smallest absolute Gasteiger partial charge is 0.268 e. The number of phosphoric ester groups is 1. The molecule has 440 valence electrons. The Balaban J connectivity index is 4.20. The fourth-order valence-corrected chi connectivity index (χ4v) is 9.60. The van der Waals surface area contributed by atoms with Crippen molar-refractivity contribution in [2.75, 3.05) is 40.9 Å². The van der Waals surface area contributed by atoms with Crippen LogP contribution in [-0.2, 0) is 18.4 Å². The summed E-state index contributed by atoms with van der Waals surface area (Å²) in [5.41, 5.74) is 0. The van der Waals surface area contributed by atoms with Crippen LogP contribution in [0.2, 0.25) is 0 Å². The summed E-state index contributed by atoms with van der Waals surface area (Å²) in [5.74, 6) is -0.211. The Labute approximate surface area is 470 Å². The molecule has 0 bridgehead atoms. The van der Waals surface area contributed by atoms with E-state index in [-0.39, 0.29) is 12.5 Å². The van der Waals surface area contributed by atoms with Gasteiger partial charge in [0.2, 0.25) is 5.91 Å². The number of nitrogens with one attached hydrogen (secondary N) is 1. The van der Waals surface area contributed by atoms with Crippen molar-refractivity contribution >= 4 is 13.7 Å². The zero-order valence-electron chi connectivity index (χ0n) is 50.2. The summed E-state index contributed by atoms with van der Waals surface area (Å²) in [7, 11) is 1.24. The van der Waals surface area contributed by atoms with Crippen LogP contribution in [0.25, 0.3) is 0 Å². The van der Waals surface area contributed by atoms with Gasteiger partial charge in [0.15, 0.2) is 0 Å². The van der Waals surface area contributed by atoms with Gasteiger partial charge in [-0.2, -0.15) is 0 Å². The van der Waals surface area contributed by atoms with Gasteiger partial charge in [0, 0.05) is 6.42 Å². The van der Waals surface area contributed by atoms with E-state index in [2.05, 4.69) is 104 Å². The first-order valence-electron chi connectivity index (χ1n) is 31.6. The lowest BCUT2D eigenvalue weighted by Crippen LogP contribution is -2.45. The number of carbonyl (C=O) groups excluding carboxylic acids is 1. The molecule has 0 aromatic heterocycles. The van der Waals surface area contributed by atoms with E-state index in [0.717, 1.165) is 77.0 Å². The number of likely N-dealkylation sites (N-methyl/N-ethyl adjacent to an activating group) is 1. The third kappa shape index (κ3) is 59.1. The number of phosphoric acid groups is 1. The average Bonchev–Trinajstić information content (AvgIpc) is 3.38. The van der Waals surface area contributed by atoms with Gasteiger partial charge in [0.1, 0.15) is 13.2 Å². The SMILES string of the molecule is CC/C=C\C/C=C\C/C=C\C/C=C\C/C=C\C/C=C\CCCCCCCCCCCCCCC(=O)NC(COP(=O)([O-])OCC[N+](C)(C)C)C(O)/C=C/CC/C=C/CCCCCCCCCCCCCCCCCCC. The fraction of sp³-hybridized carbons (Fsp3) is 0.746. The first kappa shape index (κ1) is 73.4. The number of amides is 1. The Morgan fingerprint density at radius 1 is 0.474 bits per heavy atom. The van der Waals surface area contributed by atoms with Gasteiger partial charge in [-0.25, -0.2) is 0 Å². The van der Waals surface area contributed by atoms with Gasteiger partial charge in [0.05, 0.1) is 39.9 Å². The van der Waals surface area contributed by atoms with E-state index in [0.29, 0.717) is 17.4 Å². The topological polar surface area (TPSA) is 108 Å². The molecule has 9 heteroatoms. The molecule has 0 radical (unpaired) electrons. The first-order valence-corrected chi connectivity index (χ1v) is 33.1. The Kier molecular flexibility index (Phi) is 55.2. The minimum absolute atomic E-state index is 0.0103. The molecule has 0 heterocycles. The molecule has 2 N–H and O–H groups in total. The van der Waals surface area contributed by atoms with Crippen molar-refractivity contribution in [3.05, 3.63) is 97.2 Å². The second kappa shape index (κ2) is 57.1. The number of aliphatic hydroxyl groups excluding tert-OH is 1. The molecule has 0 aromatic carbocycles. The fourth-order valence-electron chi connectivity index (χ4n) is 8.88. The molecule has 0 saturated heterocycles. The molecule has 0 spiro atoms. The van der Waals surface area contributed by atoms with Crippen LogP contribution in [0.15, 0.2) is 97.2 Å². The molecular formula is C67H121N2O6P. The van der Waals surface area contributed by atoms with E-state index in [1.807, 2.05) is 27.2 Å². The predicted molar refractivity (Wildman–Crippen MR) is 329 cm³/mol. The highest BCUT2D eigenvalue weighted by molar-refractivity contribution is 7.45. The lowest BCUT2D eigenvalue weighted by Gasteiger charge is -2.29. The van der Waals surface area contributed by atoms with Crippen molar-refractivity contribution in [3.8, 4) is 0 Å². The lowest BCUT2D eigenvalue weighted by molar-refractivity contribution is -0.870. The lowest BCUT2D eigenvalue weighted by atomic mass is 10.0. The van der Waals surface area contributed by atoms with Gasteiger partial charge in [0.25, 0.3) is 7.82 Å². The van der Waals surface area contributed by atoms with Crippen molar-refractivity contribution in [1.29, 1.82) is 0 Å². The van der Waals surface area contributed by atoms with Crippen molar-refractivity contribution < 1.29 is 32.9 Å². The van der Waals surface area contributed by atoms with E-state index in [9.17, 15) is 19.4 Å². The largest absolute Gasteiger partial charge is 0.756 e. The molecule has 0 aliphatic carbocycles. The molecule has 0 rings (SSSR count). The maximum atomic E-state index is 13.0. The maximum absolute atomic E-state index is 13.0. The monoisotopic (exact) mass is 1080 g/mol. The summed E-state index contributed by atoms with van der Waals surface area (Å²) in [6.07, 6.45) is 82.1. The number of aliphatic hydroxyl groups is 1. The highest BCUT2D eigenvalue weighted by atomic mass is 31.2. The molecule has 8 nitrogen and oxygen atoms in total. The number of allylic oxidation sites excluding steroid dienone is 15. The predicted octanol–water partition coefficient (Wildman–Crippen LogP) is 19.1. The van der Waals surface area contributed by atoms with Crippen LogP contribution in [0.4, 0.5) is 0 Å². The zero-order valence-corrected chi connectivity index (χ0v) is 51.1. The standard InChI is InChI=1S/C67H121N2O6P/c1-6-8-10-12-14-16-18-20-22-24-26-28-30-31-32-33-34-35-36-37-39-41-43-45-47-49-51-53-55-57-59-61-67(71)68-65(64-75-76(72,73)74-63-62-69(3,4)5)66(70)60-58-56-54-52-50-48-46-44-42-40-38-29-27-25-23-21-19-17-15-13-11-9-7-2/h8,10,14,16,20,22,26,28,31-32,34-35,50,52,58,60,65-66,70H,6-7,9,11-13,15,17-19,21,23-25,27,29-30,33,36-49,51,53-57,59,61-64H2,1-5H3,(H-,68,71,72,73)/b10-8-,16-14-,22-20-,28-26-,32-31-,35-34-,52-50+,60-58+. The summed E-state index contributed by atoms with van der Waals surface area (Å²) in [6, 6.07) is -0.911. The van der Waals surface area contributed by atoms with Crippen molar-refractivity contribution in [3.63, 3.8) is 0 Å². The summed E-state index contributed by atoms with van der Waals surface area (Å²) in [6.45, 7) is 4.53. The van der Waals surface area contributed by atoms with Crippen LogP contribution in [-0.4, -0.2) is 68.5 Å². The van der Waals surface area contributed by atoms with E-state index >= 15 is 0 Å². The number of carbonyl (C=O) groups is 1. The minimum atomic E-state index is -4.61. The van der Waals surface area contributed by atoms with Gasteiger partial charge in [-0.1, -0.05) is 278 Å². The van der Waals surface area contributed by atoms with Gasteiger partial charge in [-0.3, -0.25) is 9.36 Å². The van der Waals surface area contributed by atoms with Crippen molar-refractivity contribution in [2.45, 2.75) is 283 Å². The first-order chi connectivity index (χ1) is 37.0. The summed E-state index contributed by atoms with van der Waals surface area (Å²) in [5, 5.41) is 13.9. The molecule has 0 aliphatic rings. The van der Waals surface area contributed by atoms with Gasteiger partial charge in [-0.05, 0) is 83.5 Å². The van der Waals surface area contributed by atoms with Crippen LogP contribution in [0.1, 0.15) is 271 Å². The van der Waals surface area contributed by atoms with Crippen molar-refractivity contribution in [2.24, 2.45) is 0 Å². The second-order valence-corrected chi connectivity index (χ2v) is 23.8. The summed E-state index contributed by atoms with van der Waals surface area (Å²) < 4.78 is 23.4. The molecule has 0 aromatic rings. The van der Waals surface area contributed by atoms with Crippen LogP contribution in [0.3, 0.4) is 0 Å². The number of quaternary nitrogens is 1. The van der Waals surface area contributed by atoms with Crippen LogP contribution in [0, 0.1) is 0 Å². The van der Waals surface area contributed by atoms with E-state index in [4.69, 9.17) is 9.05 Å². The quantitative estimate of drug-likeness (QED) is 0.0272. The van der Waals surface area contributed by atoms with Crippen LogP contribution >= 0.6 is 7.82 Å². The Morgan fingerprint density at radius 3 is 1.22 bits per heavy atom. The Bertz CT molecular complexity index is 1560. The highest BCUT2D eigenvalue weighted by Crippen LogP contribution is 2.38. The molecule has 1 amide bonds. The third-order valence-corrected chi connectivity index (χ3v) is 14.7. The molecule has 0 aliphatic heterocycles. The second-order valence-electron chi connectivity index (χ2n) is 22.4. The maximum Gasteiger partial charge on any atom is 0.268 e. The zero-order chi connectivity index (χ0) is 55.6. The van der Waals surface area contributed by atoms with Gasteiger partial charge >= 0.3 is 0 Å². The number of rotatable bonds is 57. The number of hydrogen-bond donors (Lipinski definition) is 2. The normalized spacial score (nSPS) is 14.5.